The highest BCUT2D eigenvalue weighted by Crippen LogP contribution is 2.26. The number of nitrogens with one attached hydrogen (secondary N) is 1. The summed E-state index contributed by atoms with van der Waals surface area (Å²) < 4.78 is 2.84. The Balaban J connectivity index is 1.41. The largest absolute Gasteiger partial charge is 0.355 e. The second-order valence-corrected chi connectivity index (χ2v) is 7.98. The first-order valence-electron chi connectivity index (χ1n) is 9.08. The summed E-state index contributed by atoms with van der Waals surface area (Å²) in [5, 5.41) is 7.47. The van der Waals surface area contributed by atoms with Crippen molar-refractivity contribution in [2.24, 2.45) is 5.92 Å². The van der Waals surface area contributed by atoms with E-state index in [9.17, 15) is 4.79 Å². The Kier molecular flexibility index (Phi) is 4.89. The predicted molar refractivity (Wildman–Crippen MR) is 112 cm³/mol. The van der Waals surface area contributed by atoms with Crippen molar-refractivity contribution in [2.45, 2.75) is 20.8 Å². The van der Waals surface area contributed by atoms with Gasteiger partial charge in [0.1, 0.15) is 12.1 Å². The number of nitrogens with zero attached hydrogens (tertiary/aromatic N) is 5. The fourth-order valence-corrected chi connectivity index (χ4v) is 3.53. The van der Waals surface area contributed by atoms with E-state index in [1.165, 1.54) is 0 Å². The van der Waals surface area contributed by atoms with Crippen LogP contribution in [0.4, 0.5) is 11.5 Å². The number of carbonyl (C=O) groups excluding carboxylic acids is 1. The zero-order valence-corrected chi connectivity index (χ0v) is 17.6. The van der Waals surface area contributed by atoms with Crippen molar-refractivity contribution in [1.29, 1.82) is 0 Å². The van der Waals surface area contributed by atoms with Crippen LogP contribution in [0.2, 0.25) is 0 Å². The number of carbonyl (C=O) groups is 1. The van der Waals surface area contributed by atoms with Crippen LogP contribution in [0, 0.1) is 26.7 Å². The molecule has 2 aromatic heterocycles. The van der Waals surface area contributed by atoms with Crippen LogP contribution in [0.1, 0.15) is 17.0 Å². The summed E-state index contributed by atoms with van der Waals surface area (Å²) in [5.41, 5.74) is 3.87. The Morgan fingerprint density at radius 2 is 1.86 bits per heavy atom. The highest BCUT2D eigenvalue weighted by molar-refractivity contribution is 9.10. The molecule has 0 unspecified atom stereocenters. The van der Waals surface area contributed by atoms with Crippen LogP contribution in [0.5, 0.6) is 0 Å². The summed E-state index contributed by atoms with van der Waals surface area (Å²) in [4.78, 5) is 23.3. The van der Waals surface area contributed by atoms with Crippen molar-refractivity contribution >= 4 is 33.3 Å². The van der Waals surface area contributed by atoms with Crippen LogP contribution in [0.15, 0.2) is 41.1 Å². The topological polar surface area (TPSA) is 75.9 Å². The normalized spacial score (nSPS) is 14.1. The third-order valence-corrected chi connectivity index (χ3v) is 5.76. The molecule has 0 bridgehead atoms. The summed E-state index contributed by atoms with van der Waals surface area (Å²) in [7, 11) is 0. The predicted octanol–water partition coefficient (Wildman–Crippen LogP) is 3.42. The number of amides is 1. The lowest BCUT2D eigenvalue weighted by atomic mass is 9.99. The molecule has 0 atom stereocenters. The highest BCUT2D eigenvalue weighted by atomic mass is 79.9. The minimum Gasteiger partial charge on any atom is -0.355 e. The first-order valence-corrected chi connectivity index (χ1v) is 9.87. The molecular weight excluding hydrogens is 420 g/mol. The van der Waals surface area contributed by atoms with Gasteiger partial charge in [0.15, 0.2) is 5.82 Å². The molecule has 1 aliphatic heterocycles. The van der Waals surface area contributed by atoms with Crippen molar-refractivity contribution in [1.82, 2.24) is 19.7 Å². The van der Waals surface area contributed by atoms with Gasteiger partial charge in [-0.1, -0.05) is 15.9 Å². The minimum atomic E-state index is -0.0592. The second-order valence-electron chi connectivity index (χ2n) is 7.13. The Morgan fingerprint density at radius 1 is 1.11 bits per heavy atom. The smallest absolute Gasteiger partial charge is 0.231 e. The lowest BCUT2D eigenvalue weighted by molar-refractivity contribution is -0.120. The molecule has 8 heteroatoms. The van der Waals surface area contributed by atoms with Gasteiger partial charge in [0.05, 0.1) is 11.6 Å². The molecule has 1 saturated heterocycles. The summed E-state index contributed by atoms with van der Waals surface area (Å²) in [6.45, 7) is 7.22. The zero-order chi connectivity index (χ0) is 19.8. The van der Waals surface area contributed by atoms with Crippen LogP contribution in [0.3, 0.4) is 0 Å². The van der Waals surface area contributed by atoms with E-state index in [1.807, 2.05) is 51.1 Å². The summed E-state index contributed by atoms with van der Waals surface area (Å²) in [5.74, 6) is 1.51. The first kappa shape index (κ1) is 18.6. The molecule has 1 fully saturated rings. The molecule has 1 aliphatic rings. The summed E-state index contributed by atoms with van der Waals surface area (Å²) >= 11 is 3.47. The highest BCUT2D eigenvalue weighted by Gasteiger charge is 2.33. The molecule has 0 saturated carbocycles. The average molecular weight is 441 g/mol. The fraction of sp³-hybridized carbons (Fsp3) is 0.300. The second kappa shape index (κ2) is 7.35. The molecule has 0 aliphatic carbocycles. The number of aromatic nitrogens is 4. The molecule has 0 radical (unpaired) electrons. The Morgan fingerprint density at radius 3 is 2.54 bits per heavy atom. The van der Waals surface area contributed by atoms with E-state index >= 15 is 0 Å². The molecule has 1 aromatic carbocycles. The number of aryl methyl sites for hydroxylation is 3. The third-order valence-electron chi connectivity index (χ3n) is 4.87. The minimum absolute atomic E-state index is 0.0331. The number of hydrogen-bond acceptors (Lipinski definition) is 5. The van der Waals surface area contributed by atoms with Gasteiger partial charge in [-0.2, -0.15) is 5.10 Å². The fourth-order valence-electron chi connectivity index (χ4n) is 3.29. The van der Waals surface area contributed by atoms with E-state index in [2.05, 4.69) is 41.2 Å². The first-order chi connectivity index (χ1) is 13.4. The molecule has 1 N–H and O–H groups in total. The maximum Gasteiger partial charge on any atom is 0.231 e. The molecule has 3 aromatic rings. The van der Waals surface area contributed by atoms with Gasteiger partial charge in [-0.25, -0.2) is 14.6 Å². The standard InChI is InChI=1S/C20H21BrN6O/c1-12-6-16(4-5-17(12)21)24-20(28)15-9-26(10-15)18-8-19(23-11-22-18)27-14(3)7-13(2)25-27/h4-8,11,15H,9-10H2,1-3H3,(H,24,28). The van der Waals surface area contributed by atoms with Gasteiger partial charge < -0.3 is 10.2 Å². The van der Waals surface area contributed by atoms with Crippen molar-refractivity contribution in [3.8, 4) is 5.82 Å². The van der Waals surface area contributed by atoms with Gasteiger partial charge in [-0.05, 0) is 50.6 Å². The molecule has 4 rings (SSSR count). The quantitative estimate of drug-likeness (QED) is 0.672. The maximum absolute atomic E-state index is 12.5. The lowest BCUT2D eigenvalue weighted by Gasteiger charge is -2.39. The number of halogens is 1. The molecule has 7 nitrogen and oxygen atoms in total. The molecule has 0 spiro atoms. The molecule has 3 heterocycles. The van der Waals surface area contributed by atoms with Gasteiger partial charge in [-0.15, -0.1) is 0 Å². The Hall–Kier alpha value is -2.74. The van der Waals surface area contributed by atoms with Crippen LogP contribution in [-0.4, -0.2) is 38.7 Å². The van der Waals surface area contributed by atoms with Crippen LogP contribution in [-0.2, 0) is 4.79 Å². The number of benzene rings is 1. The monoisotopic (exact) mass is 440 g/mol. The SMILES string of the molecule is Cc1cc(C)n(-c2cc(N3CC(C(=O)Nc4ccc(Br)c(C)c4)C3)ncn2)n1. The number of anilines is 2. The molecule has 144 valence electrons. The zero-order valence-electron chi connectivity index (χ0n) is 16.0. The van der Waals surface area contributed by atoms with Crippen molar-refractivity contribution in [3.63, 3.8) is 0 Å². The average Bonchev–Trinajstić information content (AvgIpc) is 2.95. The summed E-state index contributed by atoms with van der Waals surface area (Å²) in [6.07, 6.45) is 1.54. The van der Waals surface area contributed by atoms with Gasteiger partial charge in [0.25, 0.3) is 0 Å². The van der Waals surface area contributed by atoms with Gasteiger partial charge in [0, 0.05) is 35.0 Å². The summed E-state index contributed by atoms with van der Waals surface area (Å²) in [6, 6.07) is 9.72. The van der Waals surface area contributed by atoms with Crippen molar-refractivity contribution in [2.75, 3.05) is 23.3 Å². The lowest BCUT2D eigenvalue weighted by Crippen LogP contribution is -2.52. The Labute approximate surface area is 171 Å². The van der Waals surface area contributed by atoms with Gasteiger partial charge in [-0.3, -0.25) is 4.79 Å². The van der Waals surface area contributed by atoms with Crippen LogP contribution >= 0.6 is 15.9 Å². The van der Waals surface area contributed by atoms with Crippen LogP contribution < -0.4 is 10.2 Å². The molecular formula is C20H21BrN6O. The van der Waals surface area contributed by atoms with E-state index in [0.29, 0.717) is 13.1 Å². The molecule has 28 heavy (non-hydrogen) atoms. The van der Waals surface area contributed by atoms with Crippen molar-refractivity contribution < 1.29 is 4.79 Å². The maximum atomic E-state index is 12.5. The van der Waals surface area contributed by atoms with E-state index in [-0.39, 0.29) is 11.8 Å². The van der Waals surface area contributed by atoms with Crippen molar-refractivity contribution in [3.05, 3.63) is 58.1 Å². The van der Waals surface area contributed by atoms with E-state index < -0.39 is 0 Å². The van der Waals surface area contributed by atoms with E-state index in [1.54, 1.807) is 11.0 Å². The van der Waals surface area contributed by atoms with Crippen LogP contribution in [0.25, 0.3) is 5.82 Å². The van der Waals surface area contributed by atoms with E-state index in [4.69, 9.17) is 0 Å². The third kappa shape index (κ3) is 3.64. The molecule has 1 amide bonds. The van der Waals surface area contributed by atoms with Gasteiger partial charge >= 0.3 is 0 Å². The van der Waals surface area contributed by atoms with E-state index in [0.717, 1.165) is 38.7 Å². The Bertz CT molecular complexity index is 1040. The number of hydrogen-bond donors (Lipinski definition) is 1. The number of rotatable bonds is 4. The van der Waals surface area contributed by atoms with Gasteiger partial charge in [0.2, 0.25) is 5.91 Å².